The standard InChI is InChI=1S/C35H58N6O5/c1-3-43-27-15-9-13-23(19-27)31(36)38-32(37)29-17-7-5-11-25(29)21-45-35(42)46-22-26-12-6-8-18-30(26)34-39-33(40-41-34)24-14-10-16-28(20-24)44-4-2/h23-30H,3-22H2,1-2H3,(H3,36,37,38)(H,39,40,41). The minimum Gasteiger partial charge on any atom is -0.434 e. The highest BCUT2D eigenvalue weighted by Gasteiger charge is 2.34. The number of aliphatic imine (C=N–C) groups is 1. The third kappa shape index (κ3) is 9.52. The van der Waals surface area contributed by atoms with Crippen molar-refractivity contribution in [2.24, 2.45) is 34.4 Å². The zero-order chi connectivity index (χ0) is 32.3. The largest absolute Gasteiger partial charge is 0.508 e. The molecule has 0 amide bonds. The maximum atomic E-state index is 12.8. The Balaban J connectivity index is 1.10. The van der Waals surface area contributed by atoms with Crippen LogP contribution in [-0.2, 0) is 18.9 Å². The molecule has 0 radical (unpaired) electrons. The number of hydrogen-bond donors (Lipinski definition) is 3. The van der Waals surface area contributed by atoms with Crippen LogP contribution in [0.5, 0.6) is 0 Å². The van der Waals surface area contributed by atoms with Gasteiger partial charge >= 0.3 is 6.16 Å². The van der Waals surface area contributed by atoms with Crippen molar-refractivity contribution >= 4 is 17.8 Å². The van der Waals surface area contributed by atoms with E-state index in [0.29, 0.717) is 36.9 Å². The molecule has 4 saturated carbocycles. The highest BCUT2D eigenvalue weighted by atomic mass is 16.7. The number of carbonyl (C=O) groups excluding carboxylic acids is 1. The fourth-order valence-electron chi connectivity index (χ4n) is 8.44. The molecule has 11 nitrogen and oxygen atoms in total. The molecule has 0 aliphatic heterocycles. The Morgan fingerprint density at radius 3 is 2.26 bits per heavy atom. The second-order valence-electron chi connectivity index (χ2n) is 14.1. The van der Waals surface area contributed by atoms with Gasteiger partial charge < -0.3 is 24.7 Å². The lowest BCUT2D eigenvalue weighted by Crippen LogP contribution is -2.35. The normalized spacial score (nSPS) is 32.5. The molecule has 11 heteroatoms. The monoisotopic (exact) mass is 642 g/mol. The molecule has 258 valence electrons. The van der Waals surface area contributed by atoms with E-state index in [-0.39, 0.29) is 42.3 Å². The topological polar surface area (TPSA) is 158 Å². The number of rotatable bonds is 12. The molecule has 1 heterocycles. The van der Waals surface area contributed by atoms with Gasteiger partial charge in [0.2, 0.25) is 0 Å². The molecular formula is C35H58N6O5. The van der Waals surface area contributed by atoms with E-state index in [9.17, 15) is 4.79 Å². The molecule has 0 spiro atoms. The first-order valence-corrected chi connectivity index (χ1v) is 18.3. The molecule has 4 N–H and O–H groups in total. The summed E-state index contributed by atoms with van der Waals surface area (Å²) >= 11 is 0. The maximum Gasteiger partial charge on any atom is 0.508 e. The smallest absolute Gasteiger partial charge is 0.434 e. The SMILES string of the molecule is CCOC1CCCC(C(N)=NC(=N)C2CCCCC2COC(=O)OCC2CCCCC2c2nc(C3CCCC(OCC)C3)n[nH]2)C1. The summed E-state index contributed by atoms with van der Waals surface area (Å²) in [6.45, 7) is 6.07. The predicted octanol–water partition coefficient (Wildman–Crippen LogP) is 7.03. The van der Waals surface area contributed by atoms with Crippen LogP contribution in [0.25, 0.3) is 0 Å². The average Bonchev–Trinajstić information content (AvgIpc) is 3.58. The lowest BCUT2D eigenvalue weighted by Gasteiger charge is -2.32. The summed E-state index contributed by atoms with van der Waals surface area (Å²) in [4.78, 5) is 22.4. The Kier molecular flexibility index (Phi) is 13.3. The van der Waals surface area contributed by atoms with Crippen LogP contribution in [-0.4, -0.2) is 71.6 Å². The van der Waals surface area contributed by atoms with Crippen molar-refractivity contribution in [2.45, 2.75) is 141 Å². The summed E-state index contributed by atoms with van der Waals surface area (Å²) in [6.07, 6.45) is 16.3. The van der Waals surface area contributed by atoms with Crippen LogP contribution in [0.2, 0.25) is 0 Å². The van der Waals surface area contributed by atoms with E-state index in [4.69, 9.17) is 35.1 Å². The van der Waals surface area contributed by atoms with E-state index in [1.54, 1.807) is 0 Å². The third-order valence-electron chi connectivity index (χ3n) is 11.0. The third-order valence-corrected chi connectivity index (χ3v) is 11.0. The molecule has 0 aromatic carbocycles. The molecule has 8 unspecified atom stereocenters. The quantitative estimate of drug-likeness (QED) is 0.125. The van der Waals surface area contributed by atoms with Gasteiger partial charge in [0.25, 0.3) is 0 Å². The first-order valence-electron chi connectivity index (χ1n) is 18.3. The summed E-state index contributed by atoms with van der Waals surface area (Å²) < 4.78 is 23.1. The van der Waals surface area contributed by atoms with Gasteiger partial charge in [0.05, 0.1) is 25.4 Å². The van der Waals surface area contributed by atoms with E-state index < -0.39 is 6.16 Å². The molecule has 1 aromatic rings. The van der Waals surface area contributed by atoms with E-state index >= 15 is 0 Å². The summed E-state index contributed by atoms with van der Waals surface area (Å²) in [6, 6.07) is 0. The molecule has 8 atom stereocenters. The average molecular weight is 643 g/mol. The van der Waals surface area contributed by atoms with Crippen molar-refractivity contribution in [3.8, 4) is 0 Å². The molecule has 5 rings (SSSR count). The van der Waals surface area contributed by atoms with Crippen LogP contribution in [0.3, 0.4) is 0 Å². The fraction of sp³-hybridized carbons (Fsp3) is 0.857. The van der Waals surface area contributed by atoms with Crippen molar-refractivity contribution in [2.75, 3.05) is 26.4 Å². The van der Waals surface area contributed by atoms with Gasteiger partial charge in [-0.15, -0.1) is 0 Å². The summed E-state index contributed by atoms with van der Waals surface area (Å²) in [5.41, 5.74) is 6.43. The van der Waals surface area contributed by atoms with Crippen molar-refractivity contribution in [3.05, 3.63) is 11.6 Å². The number of nitrogens with one attached hydrogen (secondary N) is 2. The van der Waals surface area contributed by atoms with E-state index in [0.717, 1.165) is 121 Å². The summed E-state index contributed by atoms with van der Waals surface area (Å²) in [7, 11) is 0. The number of hydrogen-bond acceptors (Lipinski definition) is 8. The van der Waals surface area contributed by atoms with Gasteiger partial charge in [0.15, 0.2) is 5.82 Å². The highest BCUT2D eigenvalue weighted by molar-refractivity contribution is 5.97. The van der Waals surface area contributed by atoms with E-state index in [1.807, 2.05) is 6.92 Å². The minimum atomic E-state index is -0.630. The Bertz CT molecular complexity index is 1140. The highest BCUT2D eigenvalue weighted by Crippen LogP contribution is 2.39. The number of amidine groups is 2. The second-order valence-corrected chi connectivity index (χ2v) is 14.1. The van der Waals surface area contributed by atoms with Gasteiger partial charge in [0, 0.05) is 48.7 Å². The van der Waals surface area contributed by atoms with Crippen LogP contribution in [0.15, 0.2) is 4.99 Å². The zero-order valence-electron chi connectivity index (χ0n) is 28.2. The number of nitrogens with two attached hydrogens (primary N) is 1. The maximum absolute atomic E-state index is 12.8. The van der Waals surface area contributed by atoms with Crippen LogP contribution < -0.4 is 5.73 Å². The number of H-pyrrole nitrogens is 1. The minimum absolute atomic E-state index is 0.0463. The molecule has 4 aliphatic carbocycles. The molecular weight excluding hydrogens is 584 g/mol. The van der Waals surface area contributed by atoms with E-state index in [2.05, 4.69) is 22.1 Å². The molecule has 1 aromatic heterocycles. The Morgan fingerprint density at radius 1 is 0.848 bits per heavy atom. The predicted molar refractivity (Wildman–Crippen MR) is 177 cm³/mol. The van der Waals surface area contributed by atoms with Crippen LogP contribution in [0.1, 0.15) is 140 Å². The number of aromatic amines is 1. The number of ether oxygens (including phenoxy) is 4. The zero-order valence-corrected chi connectivity index (χ0v) is 28.2. The molecule has 4 aliphatic rings. The molecule has 46 heavy (non-hydrogen) atoms. The van der Waals surface area contributed by atoms with Gasteiger partial charge in [-0.2, -0.15) is 5.10 Å². The van der Waals surface area contributed by atoms with Gasteiger partial charge in [0.1, 0.15) is 17.5 Å². The first kappa shape index (κ1) is 34.8. The van der Waals surface area contributed by atoms with Crippen LogP contribution in [0, 0.1) is 29.1 Å². The Morgan fingerprint density at radius 2 is 1.50 bits per heavy atom. The summed E-state index contributed by atoms with van der Waals surface area (Å²) in [5, 5.41) is 16.7. The van der Waals surface area contributed by atoms with E-state index in [1.165, 1.54) is 0 Å². The lowest BCUT2D eigenvalue weighted by molar-refractivity contribution is 0.0205. The fourth-order valence-corrected chi connectivity index (χ4v) is 8.44. The number of carbonyl (C=O) groups is 1. The molecule has 0 saturated heterocycles. The first-order chi connectivity index (χ1) is 22.4. The number of nitrogens with zero attached hydrogens (tertiary/aromatic N) is 3. The summed E-state index contributed by atoms with van der Waals surface area (Å²) in [5.74, 6) is 3.52. The lowest BCUT2D eigenvalue weighted by atomic mass is 9.79. The van der Waals surface area contributed by atoms with Crippen molar-refractivity contribution < 1.29 is 23.7 Å². The van der Waals surface area contributed by atoms with Gasteiger partial charge in [-0.1, -0.05) is 38.5 Å². The van der Waals surface area contributed by atoms with Crippen LogP contribution in [0.4, 0.5) is 4.79 Å². The van der Waals surface area contributed by atoms with Crippen molar-refractivity contribution in [1.82, 2.24) is 15.2 Å². The van der Waals surface area contributed by atoms with Crippen molar-refractivity contribution in [3.63, 3.8) is 0 Å². The van der Waals surface area contributed by atoms with Gasteiger partial charge in [-0.25, -0.2) is 14.8 Å². The second kappa shape index (κ2) is 17.6. The van der Waals surface area contributed by atoms with Crippen LogP contribution >= 0.6 is 0 Å². The van der Waals surface area contributed by atoms with Gasteiger partial charge in [-0.3, -0.25) is 10.5 Å². The van der Waals surface area contributed by atoms with Gasteiger partial charge in [-0.05, 0) is 78.1 Å². The number of aromatic nitrogens is 3. The Labute approximate surface area is 275 Å². The molecule has 0 bridgehead atoms. The van der Waals surface area contributed by atoms with Crippen molar-refractivity contribution in [1.29, 1.82) is 5.41 Å². The Hall–Kier alpha value is -2.53. The molecule has 4 fully saturated rings.